The van der Waals surface area contributed by atoms with Crippen LogP contribution in [0.25, 0.3) is 5.69 Å². The Bertz CT molecular complexity index is 617. The molecule has 0 aliphatic rings. The highest BCUT2D eigenvalue weighted by atomic mass is 19.1. The minimum Gasteiger partial charge on any atom is -0.320 e. The van der Waals surface area contributed by atoms with Crippen molar-refractivity contribution >= 4 is 11.6 Å². The van der Waals surface area contributed by atoms with E-state index >= 15 is 0 Å². The van der Waals surface area contributed by atoms with Crippen molar-refractivity contribution in [3.05, 3.63) is 42.0 Å². The summed E-state index contributed by atoms with van der Waals surface area (Å²) >= 11 is 0. The summed E-state index contributed by atoms with van der Waals surface area (Å²) in [4.78, 5) is 11.6. The van der Waals surface area contributed by atoms with Crippen LogP contribution in [0.15, 0.2) is 36.2 Å². The van der Waals surface area contributed by atoms with Crippen molar-refractivity contribution in [1.82, 2.24) is 20.2 Å². The van der Waals surface area contributed by atoms with Gasteiger partial charge in [0.25, 0.3) is 0 Å². The second kappa shape index (κ2) is 5.38. The lowest BCUT2D eigenvalue weighted by atomic mass is 10.2. The number of carbonyl (C=O) groups is 1. The molecule has 98 valence electrons. The summed E-state index contributed by atoms with van der Waals surface area (Å²) in [5.41, 5.74) is 1.46. The van der Waals surface area contributed by atoms with Crippen LogP contribution in [0.2, 0.25) is 0 Å². The van der Waals surface area contributed by atoms with E-state index in [1.165, 1.54) is 35.3 Å². The van der Waals surface area contributed by atoms with Crippen molar-refractivity contribution in [2.24, 2.45) is 0 Å². The Labute approximate surface area is 108 Å². The first kappa shape index (κ1) is 12.9. The zero-order valence-corrected chi connectivity index (χ0v) is 10.5. The molecule has 0 bridgehead atoms. The smallest absolute Gasteiger partial charge is 0.248 e. The molecular formula is C12H12FN5O. The Kier molecular flexibility index (Phi) is 3.65. The lowest BCUT2D eigenvalue weighted by molar-refractivity contribution is -0.112. The second-order valence-corrected chi connectivity index (χ2v) is 4.13. The van der Waals surface area contributed by atoms with E-state index < -0.39 is 5.82 Å². The van der Waals surface area contributed by atoms with Crippen LogP contribution in [-0.4, -0.2) is 26.1 Å². The van der Waals surface area contributed by atoms with Crippen LogP contribution in [0, 0.1) is 5.82 Å². The predicted molar refractivity (Wildman–Crippen MR) is 67.2 cm³/mol. The molecule has 6 nitrogen and oxygen atoms in total. The molecule has 0 saturated carbocycles. The molecule has 1 amide bonds. The minimum atomic E-state index is -0.521. The van der Waals surface area contributed by atoms with Gasteiger partial charge in [-0.3, -0.25) is 4.79 Å². The Morgan fingerprint density at radius 3 is 2.84 bits per heavy atom. The molecule has 0 aliphatic carbocycles. The first-order valence-electron chi connectivity index (χ1n) is 5.55. The normalized spacial score (nSPS) is 10.1. The molecule has 1 aromatic heterocycles. The van der Waals surface area contributed by atoms with Gasteiger partial charge in [-0.15, -0.1) is 5.10 Å². The number of halogens is 1. The summed E-state index contributed by atoms with van der Waals surface area (Å²) in [6.07, 6.45) is 2.78. The van der Waals surface area contributed by atoms with E-state index in [0.717, 1.165) is 5.57 Å². The summed E-state index contributed by atoms with van der Waals surface area (Å²) < 4.78 is 15.0. The van der Waals surface area contributed by atoms with Gasteiger partial charge in [-0.2, -0.15) is 0 Å². The molecule has 0 atom stereocenters. The van der Waals surface area contributed by atoms with E-state index in [9.17, 15) is 9.18 Å². The molecule has 19 heavy (non-hydrogen) atoms. The van der Waals surface area contributed by atoms with Crippen molar-refractivity contribution in [2.75, 3.05) is 5.32 Å². The van der Waals surface area contributed by atoms with Gasteiger partial charge in [0.1, 0.15) is 12.1 Å². The molecule has 1 aromatic carbocycles. The highest BCUT2D eigenvalue weighted by molar-refractivity contribution is 5.99. The van der Waals surface area contributed by atoms with Crippen molar-refractivity contribution in [2.45, 2.75) is 13.8 Å². The van der Waals surface area contributed by atoms with Gasteiger partial charge in [-0.05, 0) is 42.5 Å². The molecule has 7 heteroatoms. The maximum atomic E-state index is 13.6. The quantitative estimate of drug-likeness (QED) is 0.853. The summed E-state index contributed by atoms with van der Waals surface area (Å²) in [5.74, 6) is -0.903. The summed E-state index contributed by atoms with van der Waals surface area (Å²) in [7, 11) is 0. The number of nitrogens with one attached hydrogen (secondary N) is 1. The fourth-order valence-corrected chi connectivity index (χ4v) is 1.46. The van der Waals surface area contributed by atoms with Crippen LogP contribution in [0.5, 0.6) is 0 Å². The SMILES string of the molecule is CC(C)=CC(=O)Nc1cc(-n2cnnn2)ccc1F. The Hall–Kier alpha value is -2.57. The number of hydrogen-bond acceptors (Lipinski definition) is 4. The number of carbonyl (C=O) groups excluding carboxylic acids is 1. The van der Waals surface area contributed by atoms with E-state index in [1.54, 1.807) is 13.8 Å². The number of anilines is 1. The molecule has 0 aliphatic heterocycles. The maximum absolute atomic E-state index is 13.6. The van der Waals surface area contributed by atoms with Gasteiger partial charge >= 0.3 is 0 Å². The summed E-state index contributed by atoms with van der Waals surface area (Å²) in [6.45, 7) is 3.57. The largest absolute Gasteiger partial charge is 0.320 e. The number of tetrazole rings is 1. The number of aromatic nitrogens is 4. The third-order valence-electron chi connectivity index (χ3n) is 2.24. The zero-order chi connectivity index (χ0) is 13.8. The standard InChI is InChI=1S/C12H12FN5O/c1-8(2)5-12(19)15-11-6-9(3-4-10(11)13)18-7-14-16-17-18/h3-7H,1-2H3,(H,15,19). The van der Waals surface area contributed by atoms with E-state index in [4.69, 9.17) is 0 Å². The average molecular weight is 261 g/mol. The third kappa shape index (κ3) is 3.21. The molecule has 0 fully saturated rings. The van der Waals surface area contributed by atoms with Crippen LogP contribution in [-0.2, 0) is 4.79 Å². The van der Waals surface area contributed by atoms with Crippen molar-refractivity contribution < 1.29 is 9.18 Å². The molecule has 0 spiro atoms. The molecule has 1 heterocycles. The molecule has 0 radical (unpaired) electrons. The number of nitrogens with zero attached hydrogens (tertiary/aromatic N) is 4. The van der Waals surface area contributed by atoms with Gasteiger partial charge in [-0.25, -0.2) is 9.07 Å². The third-order valence-corrected chi connectivity index (χ3v) is 2.24. The van der Waals surface area contributed by atoms with E-state index in [2.05, 4.69) is 20.8 Å². The number of benzene rings is 1. The minimum absolute atomic E-state index is 0.0792. The molecule has 0 unspecified atom stereocenters. The first-order valence-corrected chi connectivity index (χ1v) is 5.55. The second-order valence-electron chi connectivity index (χ2n) is 4.13. The van der Waals surface area contributed by atoms with Crippen molar-refractivity contribution in [3.63, 3.8) is 0 Å². The molecule has 0 saturated heterocycles. The highest BCUT2D eigenvalue weighted by Crippen LogP contribution is 2.18. The van der Waals surface area contributed by atoms with Crippen LogP contribution >= 0.6 is 0 Å². The molecule has 1 N–H and O–H groups in total. The summed E-state index contributed by atoms with van der Waals surface area (Å²) in [5, 5.41) is 13.2. The van der Waals surface area contributed by atoms with E-state index in [0.29, 0.717) is 5.69 Å². The fraction of sp³-hybridized carbons (Fsp3) is 0.167. The summed E-state index contributed by atoms with van der Waals surface area (Å²) in [6, 6.07) is 4.22. The van der Waals surface area contributed by atoms with Crippen molar-refractivity contribution in [3.8, 4) is 5.69 Å². The van der Waals surface area contributed by atoms with Gasteiger partial charge in [-0.1, -0.05) is 5.57 Å². The van der Waals surface area contributed by atoms with Crippen LogP contribution in [0.1, 0.15) is 13.8 Å². The van der Waals surface area contributed by atoms with Gasteiger partial charge in [0.15, 0.2) is 0 Å². The lowest BCUT2D eigenvalue weighted by Gasteiger charge is -2.06. The van der Waals surface area contributed by atoms with Gasteiger partial charge in [0, 0.05) is 6.08 Å². The Balaban J connectivity index is 2.28. The van der Waals surface area contributed by atoms with Crippen LogP contribution in [0.4, 0.5) is 10.1 Å². The monoisotopic (exact) mass is 261 g/mol. The average Bonchev–Trinajstić information content (AvgIpc) is 2.84. The first-order chi connectivity index (χ1) is 9.06. The predicted octanol–water partition coefficient (Wildman–Crippen LogP) is 1.71. The van der Waals surface area contributed by atoms with E-state index in [1.807, 2.05) is 0 Å². The van der Waals surface area contributed by atoms with Crippen LogP contribution < -0.4 is 5.32 Å². The number of hydrogen-bond donors (Lipinski definition) is 1. The number of allylic oxidation sites excluding steroid dienone is 1. The van der Waals surface area contributed by atoms with E-state index in [-0.39, 0.29) is 11.6 Å². The molecule has 2 aromatic rings. The Morgan fingerprint density at radius 2 is 2.21 bits per heavy atom. The van der Waals surface area contributed by atoms with Gasteiger partial charge < -0.3 is 5.32 Å². The maximum Gasteiger partial charge on any atom is 0.248 e. The van der Waals surface area contributed by atoms with Gasteiger partial charge in [0.05, 0.1) is 11.4 Å². The zero-order valence-electron chi connectivity index (χ0n) is 10.5. The molecule has 2 rings (SSSR count). The van der Waals surface area contributed by atoms with Gasteiger partial charge in [0.2, 0.25) is 5.91 Å². The Morgan fingerprint density at radius 1 is 1.42 bits per heavy atom. The topological polar surface area (TPSA) is 72.7 Å². The molecular weight excluding hydrogens is 249 g/mol. The fourth-order valence-electron chi connectivity index (χ4n) is 1.46. The lowest BCUT2D eigenvalue weighted by Crippen LogP contribution is -2.10. The van der Waals surface area contributed by atoms with Crippen molar-refractivity contribution in [1.29, 1.82) is 0 Å². The number of rotatable bonds is 3. The number of amides is 1. The highest BCUT2D eigenvalue weighted by Gasteiger charge is 2.08. The van der Waals surface area contributed by atoms with Crippen LogP contribution in [0.3, 0.4) is 0 Å².